The molecule has 1 aliphatic heterocycles. The van der Waals surface area contributed by atoms with Crippen LogP contribution in [0.25, 0.3) is 5.52 Å². The second-order valence-electron chi connectivity index (χ2n) is 6.36. The molecule has 0 atom stereocenters. The first-order chi connectivity index (χ1) is 9.48. The Balaban J connectivity index is 2.13. The lowest BCUT2D eigenvalue weighted by molar-refractivity contribution is 0.0780. The highest BCUT2D eigenvalue weighted by molar-refractivity contribution is 5.92. The molecule has 2 aromatic heterocycles. The highest BCUT2D eigenvalue weighted by atomic mass is 16.2. The molecule has 5 nitrogen and oxygen atoms in total. The maximum absolute atomic E-state index is 12.6. The summed E-state index contributed by atoms with van der Waals surface area (Å²) in [5.41, 5.74) is 1.73. The smallest absolute Gasteiger partial charge is 0.290 e. The van der Waals surface area contributed by atoms with Crippen LogP contribution in [0.1, 0.15) is 49.9 Å². The zero-order valence-electron chi connectivity index (χ0n) is 12.3. The SMILES string of the molecule is CC(C)(C)c1nc(C(=O)N2CCCC2)n2ccncc12. The van der Waals surface area contributed by atoms with Gasteiger partial charge >= 0.3 is 0 Å². The molecule has 1 fully saturated rings. The third-order valence-electron chi connectivity index (χ3n) is 3.74. The van der Waals surface area contributed by atoms with E-state index in [1.165, 1.54) is 0 Å². The van der Waals surface area contributed by atoms with Gasteiger partial charge in [-0.15, -0.1) is 0 Å². The summed E-state index contributed by atoms with van der Waals surface area (Å²) in [6.07, 6.45) is 7.47. The zero-order valence-corrected chi connectivity index (χ0v) is 12.3. The molecule has 0 bridgehead atoms. The Morgan fingerprint density at radius 1 is 1.25 bits per heavy atom. The molecule has 0 aromatic carbocycles. The van der Waals surface area contributed by atoms with E-state index in [1.807, 2.05) is 15.5 Å². The predicted octanol–water partition coefficient (Wildman–Crippen LogP) is 2.26. The summed E-state index contributed by atoms with van der Waals surface area (Å²) in [4.78, 5) is 23.3. The van der Waals surface area contributed by atoms with Crippen molar-refractivity contribution < 1.29 is 4.79 Å². The van der Waals surface area contributed by atoms with Crippen molar-refractivity contribution in [1.29, 1.82) is 0 Å². The summed E-state index contributed by atoms with van der Waals surface area (Å²) in [6.45, 7) is 7.98. The van der Waals surface area contributed by atoms with Crippen molar-refractivity contribution in [1.82, 2.24) is 19.3 Å². The molecular formula is C15H20N4O. The monoisotopic (exact) mass is 272 g/mol. The number of amides is 1. The van der Waals surface area contributed by atoms with E-state index in [2.05, 4.69) is 30.7 Å². The van der Waals surface area contributed by atoms with Crippen LogP contribution < -0.4 is 0 Å². The Hall–Kier alpha value is -1.91. The molecule has 1 saturated heterocycles. The van der Waals surface area contributed by atoms with E-state index in [0.29, 0.717) is 5.82 Å². The molecule has 3 heterocycles. The highest BCUT2D eigenvalue weighted by Gasteiger charge is 2.28. The van der Waals surface area contributed by atoms with Gasteiger partial charge in [0.05, 0.1) is 17.4 Å². The maximum atomic E-state index is 12.6. The molecule has 0 radical (unpaired) electrons. The van der Waals surface area contributed by atoms with Gasteiger partial charge in [0.25, 0.3) is 5.91 Å². The number of carbonyl (C=O) groups is 1. The minimum Gasteiger partial charge on any atom is -0.336 e. The summed E-state index contributed by atoms with van der Waals surface area (Å²) in [7, 11) is 0. The Morgan fingerprint density at radius 2 is 1.95 bits per heavy atom. The standard InChI is InChI=1S/C15H20N4O/c1-15(2,3)12-11-10-16-6-9-19(11)13(17-12)14(20)18-7-4-5-8-18/h6,9-10H,4-5,7-8H2,1-3H3. The van der Waals surface area contributed by atoms with E-state index in [1.54, 1.807) is 12.4 Å². The van der Waals surface area contributed by atoms with Crippen LogP contribution in [0.5, 0.6) is 0 Å². The summed E-state index contributed by atoms with van der Waals surface area (Å²) >= 11 is 0. The first-order valence-electron chi connectivity index (χ1n) is 7.10. The van der Waals surface area contributed by atoms with Gasteiger partial charge in [-0.05, 0) is 12.8 Å². The third-order valence-corrected chi connectivity index (χ3v) is 3.74. The summed E-state index contributed by atoms with van der Waals surface area (Å²) in [6, 6.07) is 0. The fourth-order valence-corrected chi connectivity index (χ4v) is 2.70. The van der Waals surface area contributed by atoms with Gasteiger partial charge in [-0.3, -0.25) is 14.2 Å². The van der Waals surface area contributed by atoms with Crippen LogP contribution in [0.15, 0.2) is 18.6 Å². The number of hydrogen-bond donors (Lipinski definition) is 0. The first kappa shape index (κ1) is 13.1. The minimum atomic E-state index is -0.113. The zero-order chi connectivity index (χ0) is 14.3. The molecule has 0 aliphatic carbocycles. The van der Waals surface area contributed by atoms with Crippen molar-refractivity contribution in [3.05, 3.63) is 30.1 Å². The summed E-state index contributed by atoms with van der Waals surface area (Å²) in [5, 5.41) is 0. The molecule has 0 N–H and O–H groups in total. The molecule has 0 saturated carbocycles. The van der Waals surface area contributed by atoms with E-state index < -0.39 is 0 Å². The van der Waals surface area contributed by atoms with Gasteiger partial charge in [0.1, 0.15) is 0 Å². The normalized spacial score (nSPS) is 16.1. The van der Waals surface area contributed by atoms with Crippen molar-refractivity contribution in [2.75, 3.05) is 13.1 Å². The second kappa shape index (κ2) is 4.58. The fourth-order valence-electron chi connectivity index (χ4n) is 2.70. The molecule has 3 rings (SSSR count). The predicted molar refractivity (Wildman–Crippen MR) is 76.8 cm³/mol. The van der Waals surface area contributed by atoms with Gasteiger partial charge in [0.2, 0.25) is 5.82 Å². The quantitative estimate of drug-likeness (QED) is 0.800. The number of rotatable bonds is 1. The van der Waals surface area contributed by atoms with E-state index >= 15 is 0 Å². The molecule has 0 spiro atoms. The number of hydrogen-bond acceptors (Lipinski definition) is 3. The molecule has 2 aromatic rings. The molecule has 106 valence electrons. The van der Waals surface area contributed by atoms with Gasteiger partial charge in [0, 0.05) is 30.9 Å². The lowest BCUT2D eigenvalue weighted by atomic mass is 9.92. The van der Waals surface area contributed by atoms with Crippen molar-refractivity contribution in [2.24, 2.45) is 0 Å². The molecule has 1 aliphatic rings. The van der Waals surface area contributed by atoms with Gasteiger partial charge in [0.15, 0.2) is 0 Å². The number of nitrogens with zero attached hydrogens (tertiary/aromatic N) is 4. The first-order valence-corrected chi connectivity index (χ1v) is 7.10. The minimum absolute atomic E-state index is 0.0270. The Labute approximate surface area is 118 Å². The lowest BCUT2D eigenvalue weighted by Gasteiger charge is -2.15. The summed E-state index contributed by atoms with van der Waals surface area (Å²) < 4.78 is 1.87. The van der Waals surface area contributed by atoms with Crippen LogP contribution >= 0.6 is 0 Å². The number of imidazole rings is 1. The number of carbonyl (C=O) groups excluding carboxylic acids is 1. The van der Waals surface area contributed by atoms with Crippen molar-refractivity contribution >= 4 is 11.4 Å². The Morgan fingerprint density at radius 3 is 2.60 bits per heavy atom. The van der Waals surface area contributed by atoms with Gasteiger partial charge in [-0.2, -0.15) is 0 Å². The lowest BCUT2D eigenvalue weighted by Crippen LogP contribution is -2.29. The van der Waals surface area contributed by atoms with E-state index in [0.717, 1.165) is 37.1 Å². The van der Waals surface area contributed by atoms with Crippen LogP contribution in [0.2, 0.25) is 0 Å². The van der Waals surface area contributed by atoms with Gasteiger partial charge in [-0.25, -0.2) is 4.98 Å². The Kier molecular flexibility index (Phi) is 3.00. The molecule has 20 heavy (non-hydrogen) atoms. The largest absolute Gasteiger partial charge is 0.336 e. The van der Waals surface area contributed by atoms with Gasteiger partial charge < -0.3 is 4.90 Å². The van der Waals surface area contributed by atoms with Crippen molar-refractivity contribution in [2.45, 2.75) is 39.0 Å². The number of likely N-dealkylation sites (tertiary alicyclic amines) is 1. The highest BCUT2D eigenvalue weighted by Crippen LogP contribution is 2.27. The molecule has 1 amide bonds. The second-order valence-corrected chi connectivity index (χ2v) is 6.36. The van der Waals surface area contributed by atoms with Gasteiger partial charge in [-0.1, -0.05) is 20.8 Å². The van der Waals surface area contributed by atoms with E-state index in [-0.39, 0.29) is 11.3 Å². The van der Waals surface area contributed by atoms with Crippen molar-refractivity contribution in [3.8, 4) is 0 Å². The molecule has 5 heteroatoms. The van der Waals surface area contributed by atoms with E-state index in [4.69, 9.17) is 0 Å². The molecular weight excluding hydrogens is 252 g/mol. The van der Waals surface area contributed by atoms with Crippen molar-refractivity contribution in [3.63, 3.8) is 0 Å². The number of aromatic nitrogens is 3. The van der Waals surface area contributed by atoms with Crippen LogP contribution in [-0.4, -0.2) is 38.3 Å². The van der Waals surface area contributed by atoms with Crippen LogP contribution in [0.3, 0.4) is 0 Å². The van der Waals surface area contributed by atoms with Crippen LogP contribution in [0, 0.1) is 0 Å². The Bertz CT molecular complexity index is 647. The van der Waals surface area contributed by atoms with E-state index in [9.17, 15) is 4.79 Å². The average Bonchev–Trinajstić information content (AvgIpc) is 3.05. The summed E-state index contributed by atoms with van der Waals surface area (Å²) in [5.74, 6) is 0.536. The topological polar surface area (TPSA) is 50.5 Å². The third kappa shape index (κ3) is 2.07. The average molecular weight is 272 g/mol. The maximum Gasteiger partial charge on any atom is 0.290 e. The number of fused-ring (bicyclic) bond motifs is 1. The van der Waals surface area contributed by atoms with Crippen LogP contribution in [0.4, 0.5) is 0 Å². The molecule has 0 unspecified atom stereocenters. The van der Waals surface area contributed by atoms with Crippen LogP contribution in [-0.2, 0) is 5.41 Å². The fraction of sp³-hybridized carbons (Fsp3) is 0.533.